The van der Waals surface area contributed by atoms with Crippen LogP contribution in [0.25, 0.3) is 0 Å². The van der Waals surface area contributed by atoms with E-state index in [-0.39, 0.29) is 37.8 Å². The van der Waals surface area contributed by atoms with Crippen molar-refractivity contribution in [3.63, 3.8) is 0 Å². The SMILES string of the molecule is C[C@H](NCCCCC(N)C(=O)O)C(=O)N1C[C@@H](NC(=O)C[C@H](N)Cc2cc(F)c(F)cc2F)C[C@H]1C(=O)O. The van der Waals surface area contributed by atoms with Crippen LogP contribution in [0.3, 0.4) is 0 Å². The van der Waals surface area contributed by atoms with Crippen LogP contribution in [0, 0.1) is 17.5 Å². The van der Waals surface area contributed by atoms with E-state index in [4.69, 9.17) is 16.6 Å². The molecule has 1 saturated heterocycles. The number of likely N-dealkylation sites (tertiary alicyclic amines) is 1. The molecule has 212 valence electrons. The fourth-order valence-electron chi connectivity index (χ4n) is 4.29. The lowest BCUT2D eigenvalue weighted by atomic mass is 10.0. The number of carboxylic acids is 2. The van der Waals surface area contributed by atoms with Gasteiger partial charge in [-0.3, -0.25) is 14.4 Å². The normalized spacial score (nSPS) is 19.6. The second-order valence-electron chi connectivity index (χ2n) is 9.49. The van der Waals surface area contributed by atoms with E-state index in [2.05, 4.69) is 10.6 Å². The third-order valence-corrected chi connectivity index (χ3v) is 6.33. The van der Waals surface area contributed by atoms with Crippen LogP contribution in [-0.4, -0.2) is 82.2 Å². The van der Waals surface area contributed by atoms with Crippen molar-refractivity contribution in [1.29, 1.82) is 0 Å². The molecule has 1 aliphatic heterocycles. The molecule has 38 heavy (non-hydrogen) atoms. The zero-order valence-corrected chi connectivity index (χ0v) is 21.0. The second kappa shape index (κ2) is 14.1. The number of unbranched alkanes of at least 4 members (excludes halogenated alkanes) is 1. The Kier molecular flexibility index (Phi) is 11.5. The van der Waals surface area contributed by atoms with Gasteiger partial charge < -0.3 is 37.2 Å². The maximum Gasteiger partial charge on any atom is 0.326 e. The Labute approximate surface area is 217 Å². The highest BCUT2D eigenvalue weighted by Crippen LogP contribution is 2.20. The number of benzene rings is 1. The quantitative estimate of drug-likeness (QED) is 0.139. The van der Waals surface area contributed by atoms with E-state index < -0.39 is 71.4 Å². The first-order chi connectivity index (χ1) is 17.8. The predicted molar refractivity (Wildman–Crippen MR) is 129 cm³/mol. The van der Waals surface area contributed by atoms with E-state index in [0.717, 1.165) is 0 Å². The van der Waals surface area contributed by atoms with Crippen LogP contribution in [0.2, 0.25) is 0 Å². The van der Waals surface area contributed by atoms with Crippen LogP contribution in [0.5, 0.6) is 0 Å². The van der Waals surface area contributed by atoms with Gasteiger partial charge in [0.15, 0.2) is 11.6 Å². The first-order valence-corrected chi connectivity index (χ1v) is 12.2. The van der Waals surface area contributed by atoms with Crippen molar-refractivity contribution in [2.75, 3.05) is 13.1 Å². The summed E-state index contributed by atoms with van der Waals surface area (Å²) in [7, 11) is 0. The van der Waals surface area contributed by atoms with E-state index in [1.807, 2.05) is 0 Å². The minimum absolute atomic E-state index is 0.0281. The maximum absolute atomic E-state index is 13.8. The standard InChI is InChI=1S/C24H34F3N5O6/c1-12(30-5-3-2-4-19(29)23(35)36)22(34)32-11-15(9-20(32)24(37)38)31-21(33)8-14(28)6-13-7-17(26)18(27)10-16(13)25/h7,10,12,14-15,19-20,30H,2-6,8-9,11,28-29H2,1H3,(H,31,33)(H,35,36)(H,37,38)/t12-,14+,15-,19?,20-/m0/s1. The van der Waals surface area contributed by atoms with Gasteiger partial charge in [0.25, 0.3) is 0 Å². The van der Waals surface area contributed by atoms with Crippen LogP contribution in [-0.2, 0) is 25.6 Å². The number of nitrogens with one attached hydrogen (secondary N) is 2. The summed E-state index contributed by atoms with van der Waals surface area (Å²) in [5.41, 5.74) is 11.1. The van der Waals surface area contributed by atoms with Crippen LogP contribution >= 0.6 is 0 Å². The molecule has 0 radical (unpaired) electrons. The van der Waals surface area contributed by atoms with Gasteiger partial charge in [-0.25, -0.2) is 18.0 Å². The molecule has 1 unspecified atom stereocenters. The number of halogens is 3. The summed E-state index contributed by atoms with van der Waals surface area (Å²) in [5.74, 6) is -6.90. The average Bonchev–Trinajstić information content (AvgIpc) is 3.25. The Balaban J connectivity index is 1.85. The summed E-state index contributed by atoms with van der Waals surface area (Å²) in [6, 6.07) is -3.33. The number of carbonyl (C=O) groups excluding carboxylic acids is 2. The van der Waals surface area contributed by atoms with E-state index in [1.165, 1.54) is 4.90 Å². The zero-order chi connectivity index (χ0) is 28.6. The first-order valence-electron chi connectivity index (χ1n) is 12.2. The molecular weight excluding hydrogens is 511 g/mol. The Morgan fingerprint density at radius 3 is 2.37 bits per heavy atom. The van der Waals surface area contributed by atoms with Crippen molar-refractivity contribution in [2.45, 2.75) is 75.7 Å². The Hall–Kier alpha value is -3.23. The van der Waals surface area contributed by atoms with E-state index in [1.54, 1.807) is 6.92 Å². The number of carbonyl (C=O) groups is 4. The third kappa shape index (κ3) is 8.96. The molecule has 8 N–H and O–H groups in total. The van der Waals surface area contributed by atoms with Crippen molar-refractivity contribution in [3.8, 4) is 0 Å². The molecule has 5 atom stereocenters. The molecule has 2 rings (SSSR count). The molecule has 0 aromatic heterocycles. The smallest absolute Gasteiger partial charge is 0.326 e. The van der Waals surface area contributed by atoms with E-state index in [0.29, 0.717) is 31.5 Å². The number of hydrogen-bond acceptors (Lipinski definition) is 7. The largest absolute Gasteiger partial charge is 0.480 e. The Morgan fingerprint density at radius 1 is 1.08 bits per heavy atom. The fraction of sp³-hybridized carbons (Fsp3) is 0.583. The van der Waals surface area contributed by atoms with Gasteiger partial charge >= 0.3 is 11.9 Å². The number of rotatable bonds is 14. The molecule has 1 aromatic carbocycles. The van der Waals surface area contributed by atoms with E-state index in [9.17, 15) is 37.5 Å². The molecule has 14 heteroatoms. The third-order valence-electron chi connectivity index (χ3n) is 6.33. The van der Waals surface area contributed by atoms with Crippen molar-refractivity contribution in [1.82, 2.24) is 15.5 Å². The lowest BCUT2D eigenvalue weighted by Crippen LogP contribution is -2.49. The lowest BCUT2D eigenvalue weighted by Gasteiger charge is -2.25. The van der Waals surface area contributed by atoms with Gasteiger partial charge in [-0.15, -0.1) is 0 Å². The molecular formula is C24H34F3N5O6. The maximum atomic E-state index is 13.8. The van der Waals surface area contributed by atoms with Crippen molar-refractivity contribution >= 4 is 23.8 Å². The summed E-state index contributed by atoms with van der Waals surface area (Å²) >= 11 is 0. The highest BCUT2D eigenvalue weighted by atomic mass is 19.2. The molecule has 0 aliphatic carbocycles. The highest BCUT2D eigenvalue weighted by Gasteiger charge is 2.41. The van der Waals surface area contributed by atoms with Crippen molar-refractivity contribution in [3.05, 3.63) is 35.1 Å². The van der Waals surface area contributed by atoms with Gasteiger partial charge in [0.05, 0.1) is 6.04 Å². The van der Waals surface area contributed by atoms with Crippen molar-refractivity contribution in [2.24, 2.45) is 11.5 Å². The Bertz CT molecular complexity index is 1030. The molecule has 11 nitrogen and oxygen atoms in total. The number of hydrogen-bond donors (Lipinski definition) is 6. The Morgan fingerprint density at radius 2 is 1.74 bits per heavy atom. The molecule has 0 saturated carbocycles. The molecule has 2 amide bonds. The number of carboxylic acid groups (broad SMARTS) is 2. The zero-order valence-electron chi connectivity index (χ0n) is 21.0. The summed E-state index contributed by atoms with van der Waals surface area (Å²) < 4.78 is 40.3. The van der Waals surface area contributed by atoms with E-state index >= 15 is 0 Å². The highest BCUT2D eigenvalue weighted by molar-refractivity contribution is 5.88. The fourth-order valence-corrected chi connectivity index (χ4v) is 4.29. The average molecular weight is 546 g/mol. The lowest BCUT2D eigenvalue weighted by molar-refractivity contribution is -0.148. The molecule has 1 aliphatic rings. The van der Waals surface area contributed by atoms with Crippen LogP contribution in [0.15, 0.2) is 12.1 Å². The predicted octanol–water partition coefficient (Wildman–Crippen LogP) is 0.0944. The first kappa shape index (κ1) is 31.0. The topological polar surface area (TPSA) is 188 Å². The number of nitrogens with two attached hydrogens (primary N) is 2. The summed E-state index contributed by atoms with van der Waals surface area (Å²) in [6.07, 6.45) is 0.835. The van der Waals surface area contributed by atoms with Gasteiger partial charge in [0.2, 0.25) is 11.8 Å². The number of nitrogens with zero attached hydrogens (tertiary/aromatic N) is 1. The van der Waals surface area contributed by atoms with Gasteiger partial charge in [0, 0.05) is 37.5 Å². The van der Waals surface area contributed by atoms with Gasteiger partial charge in [-0.05, 0) is 44.4 Å². The van der Waals surface area contributed by atoms with Gasteiger partial charge in [-0.1, -0.05) is 6.42 Å². The molecule has 1 heterocycles. The second-order valence-corrected chi connectivity index (χ2v) is 9.49. The summed E-state index contributed by atoms with van der Waals surface area (Å²) in [6.45, 7) is 1.92. The molecule has 0 spiro atoms. The van der Waals surface area contributed by atoms with Gasteiger partial charge in [-0.2, -0.15) is 0 Å². The molecule has 0 bridgehead atoms. The minimum atomic E-state index is -1.34. The minimum Gasteiger partial charge on any atom is -0.480 e. The molecule has 1 aromatic rings. The van der Waals surface area contributed by atoms with Crippen molar-refractivity contribution < 1.29 is 42.6 Å². The summed E-state index contributed by atoms with van der Waals surface area (Å²) in [5, 5.41) is 24.0. The number of amides is 2. The number of aliphatic carboxylic acids is 2. The molecule has 1 fully saturated rings. The summed E-state index contributed by atoms with van der Waals surface area (Å²) in [4.78, 5) is 49.0. The monoisotopic (exact) mass is 545 g/mol. The van der Waals surface area contributed by atoms with Crippen LogP contribution in [0.1, 0.15) is 44.6 Å². The van der Waals surface area contributed by atoms with Crippen LogP contribution < -0.4 is 22.1 Å². The van der Waals surface area contributed by atoms with Gasteiger partial charge in [0.1, 0.15) is 17.9 Å². The van der Waals surface area contributed by atoms with Crippen LogP contribution in [0.4, 0.5) is 13.2 Å².